The Hall–Kier alpha value is 0.500. The van der Waals surface area contributed by atoms with E-state index in [0.29, 0.717) is 6.04 Å². The van der Waals surface area contributed by atoms with Crippen LogP contribution in [0, 0.1) is 5.92 Å². The largest absolute Gasteiger partial charge is 0.328 e. The Morgan fingerprint density at radius 2 is 1.57 bits per heavy atom. The summed E-state index contributed by atoms with van der Waals surface area (Å²) in [6.07, 6.45) is 6.85. The molecule has 0 amide bonds. The number of hydrogen-bond acceptors (Lipinski definition) is 2. The maximum absolute atomic E-state index is 5.85. The Morgan fingerprint density at radius 1 is 1.00 bits per heavy atom. The van der Waals surface area contributed by atoms with Crippen molar-refractivity contribution >= 4 is 24.8 Å². The topological polar surface area (TPSA) is 29.3 Å². The molecule has 2 N–H and O–H groups in total. The molecule has 0 radical (unpaired) electrons. The van der Waals surface area contributed by atoms with E-state index in [9.17, 15) is 0 Å². The molecule has 0 bridgehead atoms. The number of halogens is 2. The monoisotopic (exact) mass is 240 g/mol. The van der Waals surface area contributed by atoms with Crippen LogP contribution in [0.1, 0.15) is 32.1 Å². The lowest BCUT2D eigenvalue weighted by Gasteiger charge is -2.36. The molecular weight excluding hydrogens is 219 g/mol. The molecule has 1 aliphatic carbocycles. The first-order valence-corrected chi connectivity index (χ1v) is 5.32. The van der Waals surface area contributed by atoms with Gasteiger partial charge in [-0.25, -0.2) is 0 Å². The van der Waals surface area contributed by atoms with Gasteiger partial charge in [0.05, 0.1) is 0 Å². The number of hydrogen-bond donors (Lipinski definition) is 1. The summed E-state index contributed by atoms with van der Waals surface area (Å²) in [5, 5.41) is 0. The molecule has 1 saturated carbocycles. The standard InChI is InChI=1S/C10H20N2.2ClH/c11-10-4-6-12(7-5-10)8-9-2-1-3-9;;/h9-10H,1-8,11H2;2*1H. The van der Waals surface area contributed by atoms with E-state index in [2.05, 4.69) is 4.90 Å². The van der Waals surface area contributed by atoms with Gasteiger partial charge in [0.15, 0.2) is 0 Å². The number of nitrogens with zero attached hydrogens (tertiary/aromatic N) is 1. The van der Waals surface area contributed by atoms with E-state index in [4.69, 9.17) is 5.73 Å². The zero-order chi connectivity index (χ0) is 8.39. The zero-order valence-electron chi connectivity index (χ0n) is 8.65. The molecule has 86 valence electrons. The summed E-state index contributed by atoms with van der Waals surface area (Å²) in [5.74, 6) is 1.03. The van der Waals surface area contributed by atoms with E-state index in [1.54, 1.807) is 0 Å². The molecule has 1 saturated heterocycles. The molecule has 0 atom stereocenters. The molecule has 14 heavy (non-hydrogen) atoms. The van der Waals surface area contributed by atoms with Crippen LogP contribution in [-0.2, 0) is 0 Å². The van der Waals surface area contributed by atoms with Crippen molar-refractivity contribution in [2.24, 2.45) is 11.7 Å². The summed E-state index contributed by atoms with van der Waals surface area (Å²) in [5.41, 5.74) is 5.85. The molecule has 2 aliphatic rings. The fourth-order valence-corrected chi connectivity index (χ4v) is 2.18. The van der Waals surface area contributed by atoms with Gasteiger partial charge in [-0.05, 0) is 44.7 Å². The van der Waals surface area contributed by atoms with Crippen LogP contribution in [-0.4, -0.2) is 30.6 Å². The Bertz CT molecular complexity index is 143. The smallest absolute Gasteiger partial charge is 0.00631 e. The maximum Gasteiger partial charge on any atom is 0.00631 e. The Kier molecular flexibility index (Phi) is 7.13. The van der Waals surface area contributed by atoms with Gasteiger partial charge in [0.25, 0.3) is 0 Å². The van der Waals surface area contributed by atoms with E-state index >= 15 is 0 Å². The lowest BCUT2D eigenvalue weighted by molar-refractivity contribution is 0.147. The lowest BCUT2D eigenvalue weighted by atomic mass is 9.84. The van der Waals surface area contributed by atoms with Crippen molar-refractivity contribution in [3.05, 3.63) is 0 Å². The summed E-state index contributed by atoms with van der Waals surface area (Å²) in [6.45, 7) is 3.85. The molecule has 2 rings (SSSR count). The molecular formula is C10H22Cl2N2. The van der Waals surface area contributed by atoms with Crippen LogP contribution in [0.25, 0.3) is 0 Å². The molecule has 1 aliphatic heterocycles. The molecule has 0 aromatic carbocycles. The minimum Gasteiger partial charge on any atom is -0.328 e. The average molecular weight is 241 g/mol. The molecule has 0 aromatic heterocycles. The van der Waals surface area contributed by atoms with Gasteiger partial charge in [-0.1, -0.05) is 6.42 Å². The van der Waals surface area contributed by atoms with Crippen LogP contribution in [0.5, 0.6) is 0 Å². The molecule has 2 nitrogen and oxygen atoms in total. The van der Waals surface area contributed by atoms with Gasteiger partial charge >= 0.3 is 0 Å². The van der Waals surface area contributed by atoms with Crippen molar-refractivity contribution in [3.63, 3.8) is 0 Å². The van der Waals surface area contributed by atoms with Gasteiger partial charge in [-0.3, -0.25) is 0 Å². The van der Waals surface area contributed by atoms with Gasteiger partial charge in [0, 0.05) is 12.6 Å². The van der Waals surface area contributed by atoms with Crippen LogP contribution in [0.4, 0.5) is 0 Å². The van der Waals surface area contributed by atoms with Crippen molar-refractivity contribution in [2.75, 3.05) is 19.6 Å². The Labute approximate surface area is 99.4 Å². The number of likely N-dealkylation sites (tertiary alicyclic amines) is 1. The third-order valence-electron chi connectivity index (χ3n) is 3.37. The van der Waals surface area contributed by atoms with Crippen molar-refractivity contribution < 1.29 is 0 Å². The van der Waals surface area contributed by atoms with E-state index in [0.717, 1.165) is 5.92 Å². The van der Waals surface area contributed by atoms with E-state index in [-0.39, 0.29) is 24.8 Å². The first-order chi connectivity index (χ1) is 5.84. The number of nitrogens with two attached hydrogens (primary N) is 1. The van der Waals surface area contributed by atoms with Gasteiger partial charge in [-0.2, -0.15) is 0 Å². The summed E-state index contributed by atoms with van der Waals surface area (Å²) in [6, 6.07) is 0.489. The Morgan fingerprint density at radius 3 is 2.00 bits per heavy atom. The predicted molar refractivity (Wildman–Crippen MR) is 65.5 cm³/mol. The lowest BCUT2D eigenvalue weighted by Crippen LogP contribution is -2.42. The molecule has 0 aromatic rings. The second-order valence-corrected chi connectivity index (χ2v) is 4.43. The fourth-order valence-electron chi connectivity index (χ4n) is 2.18. The summed E-state index contributed by atoms with van der Waals surface area (Å²) < 4.78 is 0. The summed E-state index contributed by atoms with van der Waals surface area (Å²) in [4.78, 5) is 2.60. The highest BCUT2D eigenvalue weighted by Gasteiger charge is 2.23. The third-order valence-corrected chi connectivity index (χ3v) is 3.37. The first-order valence-electron chi connectivity index (χ1n) is 5.32. The highest BCUT2D eigenvalue weighted by atomic mass is 35.5. The molecule has 0 spiro atoms. The van der Waals surface area contributed by atoms with Crippen LogP contribution in [0.2, 0.25) is 0 Å². The van der Waals surface area contributed by atoms with Crippen molar-refractivity contribution in [1.82, 2.24) is 4.90 Å². The molecule has 1 heterocycles. The average Bonchev–Trinajstić information content (AvgIpc) is 2.00. The summed E-state index contributed by atoms with van der Waals surface area (Å²) in [7, 11) is 0. The van der Waals surface area contributed by atoms with Gasteiger partial charge in [-0.15, -0.1) is 24.8 Å². The van der Waals surface area contributed by atoms with Crippen LogP contribution < -0.4 is 5.73 Å². The second-order valence-electron chi connectivity index (χ2n) is 4.43. The highest BCUT2D eigenvalue weighted by Crippen LogP contribution is 2.27. The molecule has 0 unspecified atom stereocenters. The van der Waals surface area contributed by atoms with Gasteiger partial charge in [0.1, 0.15) is 0 Å². The third kappa shape index (κ3) is 3.93. The zero-order valence-corrected chi connectivity index (χ0v) is 10.3. The minimum absolute atomic E-state index is 0. The first kappa shape index (κ1) is 14.5. The maximum atomic E-state index is 5.85. The second kappa shape index (κ2) is 6.89. The SMILES string of the molecule is Cl.Cl.NC1CCN(CC2CCC2)CC1. The number of piperidine rings is 1. The molecule has 2 fully saturated rings. The van der Waals surface area contributed by atoms with Crippen LogP contribution in [0.15, 0.2) is 0 Å². The summed E-state index contributed by atoms with van der Waals surface area (Å²) >= 11 is 0. The quantitative estimate of drug-likeness (QED) is 0.801. The van der Waals surface area contributed by atoms with Crippen LogP contribution in [0.3, 0.4) is 0 Å². The van der Waals surface area contributed by atoms with E-state index in [1.165, 1.54) is 51.7 Å². The fraction of sp³-hybridized carbons (Fsp3) is 1.00. The minimum atomic E-state index is 0. The van der Waals surface area contributed by atoms with Gasteiger partial charge in [0.2, 0.25) is 0 Å². The van der Waals surface area contributed by atoms with Crippen molar-refractivity contribution in [1.29, 1.82) is 0 Å². The number of rotatable bonds is 2. The predicted octanol–water partition coefficient (Wildman–Crippen LogP) is 2.05. The van der Waals surface area contributed by atoms with E-state index < -0.39 is 0 Å². The van der Waals surface area contributed by atoms with Crippen molar-refractivity contribution in [3.8, 4) is 0 Å². The van der Waals surface area contributed by atoms with Crippen LogP contribution >= 0.6 is 24.8 Å². The highest BCUT2D eigenvalue weighted by molar-refractivity contribution is 5.85. The van der Waals surface area contributed by atoms with Crippen molar-refractivity contribution in [2.45, 2.75) is 38.1 Å². The van der Waals surface area contributed by atoms with Gasteiger partial charge < -0.3 is 10.6 Å². The Balaban J connectivity index is 0.000000845. The molecule has 4 heteroatoms. The van der Waals surface area contributed by atoms with E-state index in [1.807, 2.05) is 0 Å². The normalized spacial score (nSPS) is 24.6.